The summed E-state index contributed by atoms with van der Waals surface area (Å²) in [7, 11) is 0. The van der Waals surface area contributed by atoms with Crippen molar-refractivity contribution in [2.45, 2.75) is 47.0 Å². The zero-order valence-corrected chi connectivity index (χ0v) is 13.7. The minimum Gasteiger partial charge on any atom is -0.399 e. The van der Waals surface area contributed by atoms with E-state index in [0.717, 1.165) is 24.7 Å². The van der Waals surface area contributed by atoms with Crippen LogP contribution in [0.4, 0.5) is 5.69 Å². The molecule has 0 heterocycles. The lowest BCUT2D eigenvalue weighted by molar-refractivity contribution is 0.457. The van der Waals surface area contributed by atoms with Gasteiger partial charge in [-0.05, 0) is 59.9 Å². The first-order chi connectivity index (χ1) is 9.26. The number of hydrogen-bond donors (Lipinski definition) is 2. The molecule has 2 rings (SSSR count). The molecule has 0 saturated heterocycles. The van der Waals surface area contributed by atoms with Crippen molar-refractivity contribution in [1.29, 1.82) is 0 Å². The van der Waals surface area contributed by atoms with E-state index in [2.05, 4.69) is 52.1 Å². The first-order valence-corrected chi connectivity index (χ1v) is 7.83. The van der Waals surface area contributed by atoms with Crippen LogP contribution in [0.3, 0.4) is 0 Å². The number of anilines is 1. The lowest BCUT2D eigenvalue weighted by Crippen LogP contribution is -2.21. The highest BCUT2D eigenvalue weighted by Crippen LogP contribution is 2.67. The maximum absolute atomic E-state index is 5.73. The fourth-order valence-corrected chi connectivity index (χ4v) is 3.40. The lowest BCUT2D eigenvalue weighted by Gasteiger charge is -2.13. The Kier molecular flexibility index (Phi) is 4.15. The lowest BCUT2D eigenvalue weighted by atomic mass is 9.97. The summed E-state index contributed by atoms with van der Waals surface area (Å²) in [4.78, 5) is 0. The van der Waals surface area contributed by atoms with Crippen molar-refractivity contribution < 1.29 is 0 Å². The molecule has 0 aromatic heterocycles. The molecule has 0 spiro atoms. The molecule has 1 aliphatic carbocycles. The average molecular weight is 274 g/mol. The quantitative estimate of drug-likeness (QED) is 0.607. The highest BCUT2D eigenvalue weighted by atomic mass is 14.9. The van der Waals surface area contributed by atoms with E-state index < -0.39 is 0 Å². The summed E-state index contributed by atoms with van der Waals surface area (Å²) in [5.41, 5.74) is 8.93. The van der Waals surface area contributed by atoms with Crippen LogP contribution in [0.15, 0.2) is 24.3 Å². The number of hydrogen-bond acceptors (Lipinski definition) is 2. The second-order valence-corrected chi connectivity index (χ2v) is 7.56. The van der Waals surface area contributed by atoms with Crippen LogP contribution in [0.5, 0.6) is 0 Å². The fourth-order valence-electron chi connectivity index (χ4n) is 3.40. The van der Waals surface area contributed by atoms with Crippen molar-refractivity contribution in [3.63, 3.8) is 0 Å². The Labute approximate surface area is 124 Å². The van der Waals surface area contributed by atoms with E-state index in [1.165, 1.54) is 12.0 Å². The van der Waals surface area contributed by atoms with Gasteiger partial charge in [0.15, 0.2) is 0 Å². The molecule has 1 saturated carbocycles. The van der Waals surface area contributed by atoms with Gasteiger partial charge in [-0.1, -0.05) is 46.8 Å². The van der Waals surface area contributed by atoms with Crippen molar-refractivity contribution in [1.82, 2.24) is 5.32 Å². The zero-order chi connectivity index (χ0) is 15.0. The number of nitrogen functional groups attached to an aromatic ring is 1. The van der Waals surface area contributed by atoms with Gasteiger partial charge >= 0.3 is 0 Å². The molecule has 1 atom stereocenters. The molecule has 1 aliphatic rings. The third kappa shape index (κ3) is 2.85. The number of nitrogens with two attached hydrogens (primary N) is 1. The standard InChI is InChI=1S/C18H30N2/c1-13(14-6-8-15(19)9-7-14)10-11-20-12-16-17(2,3)18(16,4)5/h6-9,13,16,20H,10-12,19H2,1-5H3. The first-order valence-electron chi connectivity index (χ1n) is 7.83. The monoisotopic (exact) mass is 274 g/mol. The summed E-state index contributed by atoms with van der Waals surface area (Å²) in [6.07, 6.45) is 1.18. The molecule has 0 aliphatic heterocycles. The molecule has 20 heavy (non-hydrogen) atoms. The molecule has 2 heteroatoms. The smallest absolute Gasteiger partial charge is 0.0314 e. The van der Waals surface area contributed by atoms with E-state index in [-0.39, 0.29) is 0 Å². The van der Waals surface area contributed by atoms with E-state index in [9.17, 15) is 0 Å². The van der Waals surface area contributed by atoms with Gasteiger partial charge in [-0.15, -0.1) is 0 Å². The van der Waals surface area contributed by atoms with Crippen LogP contribution in [-0.4, -0.2) is 13.1 Å². The van der Waals surface area contributed by atoms with Gasteiger partial charge in [-0.25, -0.2) is 0 Å². The Balaban J connectivity index is 1.70. The molecule has 0 amide bonds. The van der Waals surface area contributed by atoms with Crippen LogP contribution >= 0.6 is 0 Å². The summed E-state index contributed by atoms with van der Waals surface area (Å²) in [6.45, 7) is 14.1. The zero-order valence-electron chi connectivity index (χ0n) is 13.7. The number of nitrogens with one attached hydrogen (secondary N) is 1. The van der Waals surface area contributed by atoms with Gasteiger partial charge in [0, 0.05) is 5.69 Å². The summed E-state index contributed by atoms with van der Waals surface area (Å²) in [5.74, 6) is 1.39. The van der Waals surface area contributed by atoms with Crippen molar-refractivity contribution in [3.05, 3.63) is 29.8 Å². The number of benzene rings is 1. The van der Waals surface area contributed by atoms with Gasteiger partial charge < -0.3 is 11.1 Å². The highest BCUT2D eigenvalue weighted by molar-refractivity contribution is 5.40. The van der Waals surface area contributed by atoms with Crippen LogP contribution in [0, 0.1) is 16.7 Å². The van der Waals surface area contributed by atoms with E-state index in [0.29, 0.717) is 16.7 Å². The molecule has 0 bridgehead atoms. The van der Waals surface area contributed by atoms with Gasteiger partial charge in [0.25, 0.3) is 0 Å². The van der Waals surface area contributed by atoms with Crippen LogP contribution in [-0.2, 0) is 0 Å². The van der Waals surface area contributed by atoms with Crippen molar-refractivity contribution in [2.75, 3.05) is 18.8 Å². The topological polar surface area (TPSA) is 38.0 Å². The van der Waals surface area contributed by atoms with Gasteiger partial charge in [-0.2, -0.15) is 0 Å². The summed E-state index contributed by atoms with van der Waals surface area (Å²) >= 11 is 0. The van der Waals surface area contributed by atoms with Gasteiger partial charge in [0.2, 0.25) is 0 Å². The van der Waals surface area contributed by atoms with E-state index in [1.807, 2.05) is 12.1 Å². The maximum atomic E-state index is 5.73. The van der Waals surface area contributed by atoms with E-state index in [4.69, 9.17) is 5.73 Å². The molecule has 1 aromatic rings. The molecule has 3 N–H and O–H groups in total. The Morgan fingerprint density at radius 2 is 1.65 bits per heavy atom. The van der Waals surface area contributed by atoms with Gasteiger partial charge in [0.1, 0.15) is 0 Å². The average Bonchev–Trinajstić information content (AvgIpc) is 2.76. The predicted molar refractivity (Wildman–Crippen MR) is 87.8 cm³/mol. The molecule has 112 valence electrons. The largest absolute Gasteiger partial charge is 0.399 e. The second kappa shape index (κ2) is 5.40. The van der Waals surface area contributed by atoms with E-state index >= 15 is 0 Å². The summed E-state index contributed by atoms with van der Waals surface area (Å²) < 4.78 is 0. The van der Waals surface area contributed by atoms with Crippen LogP contribution in [0.1, 0.15) is 52.5 Å². The highest BCUT2D eigenvalue weighted by Gasteiger charge is 2.63. The van der Waals surface area contributed by atoms with Crippen molar-refractivity contribution in [2.24, 2.45) is 16.7 Å². The third-order valence-electron chi connectivity index (χ3n) is 5.93. The second-order valence-electron chi connectivity index (χ2n) is 7.56. The fraction of sp³-hybridized carbons (Fsp3) is 0.667. The maximum Gasteiger partial charge on any atom is 0.0314 e. The van der Waals surface area contributed by atoms with Gasteiger partial charge in [-0.3, -0.25) is 0 Å². The Bertz CT molecular complexity index is 431. The minimum absolute atomic E-state index is 0.489. The molecule has 2 nitrogen and oxygen atoms in total. The van der Waals surface area contributed by atoms with E-state index in [1.54, 1.807) is 0 Å². The molecular formula is C18H30N2. The Hall–Kier alpha value is -1.02. The summed E-state index contributed by atoms with van der Waals surface area (Å²) in [5, 5.41) is 3.65. The van der Waals surface area contributed by atoms with Crippen molar-refractivity contribution >= 4 is 5.69 Å². The molecule has 1 fully saturated rings. The Morgan fingerprint density at radius 1 is 1.10 bits per heavy atom. The predicted octanol–water partition coefficient (Wildman–Crippen LogP) is 4.03. The molecule has 1 unspecified atom stereocenters. The Morgan fingerprint density at radius 3 is 2.15 bits per heavy atom. The van der Waals surface area contributed by atoms with Crippen molar-refractivity contribution in [3.8, 4) is 0 Å². The van der Waals surface area contributed by atoms with Crippen LogP contribution < -0.4 is 11.1 Å². The third-order valence-corrected chi connectivity index (χ3v) is 5.93. The number of rotatable bonds is 6. The SMILES string of the molecule is CC(CCNCC1C(C)(C)C1(C)C)c1ccc(N)cc1. The van der Waals surface area contributed by atoms with Crippen LogP contribution in [0.25, 0.3) is 0 Å². The van der Waals surface area contributed by atoms with Gasteiger partial charge in [0.05, 0.1) is 0 Å². The molecule has 0 radical (unpaired) electrons. The molecular weight excluding hydrogens is 244 g/mol. The minimum atomic E-state index is 0.489. The normalized spacial score (nSPS) is 21.6. The van der Waals surface area contributed by atoms with Crippen LogP contribution in [0.2, 0.25) is 0 Å². The first kappa shape index (κ1) is 15.4. The molecule has 1 aromatic carbocycles. The summed E-state index contributed by atoms with van der Waals surface area (Å²) in [6, 6.07) is 8.28.